The van der Waals surface area contributed by atoms with E-state index in [0.29, 0.717) is 12.9 Å². The van der Waals surface area contributed by atoms with Crippen LogP contribution in [0.3, 0.4) is 0 Å². The largest absolute Gasteiger partial charge is 0.385 e. The van der Waals surface area contributed by atoms with E-state index in [-0.39, 0.29) is 0 Å². The van der Waals surface area contributed by atoms with Crippen molar-refractivity contribution in [2.75, 3.05) is 40.2 Å². The van der Waals surface area contributed by atoms with Gasteiger partial charge in [-0.1, -0.05) is 0 Å². The van der Waals surface area contributed by atoms with Gasteiger partial charge in [-0.15, -0.1) is 0 Å². The summed E-state index contributed by atoms with van der Waals surface area (Å²) >= 11 is 0. The Morgan fingerprint density at radius 1 is 1.43 bits per heavy atom. The molecule has 4 nitrogen and oxygen atoms in total. The van der Waals surface area contributed by atoms with Gasteiger partial charge in [0.05, 0.1) is 12.7 Å². The highest BCUT2D eigenvalue weighted by atomic mass is 16.7. The zero-order chi connectivity index (χ0) is 10.1. The van der Waals surface area contributed by atoms with Crippen LogP contribution in [-0.4, -0.2) is 46.3 Å². The molecular weight excluding hydrogens is 182 g/mol. The molecule has 0 aromatic heterocycles. The summed E-state index contributed by atoms with van der Waals surface area (Å²) < 4.78 is 15.5. The highest BCUT2D eigenvalue weighted by molar-refractivity contribution is 4.63. The molecule has 0 amide bonds. The Bertz CT molecular complexity index is 127. The molecule has 1 heterocycles. The van der Waals surface area contributed by atoms with Crippen LogP contribution in [0.2, 0.25) is 0 Å². The van der Waals surface area contributed by atoms with E-state index in [0.717, 1.165) is 45.6 Å². The zero-order valence-electron chi connectivity index (χ0n) is 8.96. The summed E-state index contributed by atoms with van der Waals surface area (Å²) in [6, 6.07) is 0. The third-order valence-electron chi connectivity index (χ3n) is 2.30. The van der Waals surface area contributed by atoms with Crippen molar-refractivity contribution < 1.29 is 14.2 Å². The van der Waals surface area contributed by atoms with Crippen molar-refractivity contribution in [2.45, 2.75) is 25.4 Å². The van der Waals surface area contributed by atoms with E-state index in [4.69, 9.17) is 14.2 Å². The first kappa shape index (κ1) is 11.9. The van der Waals surface area contributed by atoms with Crippen molar-refractivity contribution in [1.29, 1.82) is 0 Å². The maximum absolute atomic E-state index is 5.40. The Kier molecular flexibility index (Phi) is 6.95. The molecule has 1 fully saturated rings. The van der Waals surface area contributed by atoms with Crippen LogP contribution in [0.25, 0.3) is 0 Å². The fourth-order valence-electron chi connectivity index (χ4n) is 1.42. The minimum absolute atomic E-state index is 0.339. The third-order valence-corrected chi connectivity index (χ3v) is 2.30. The summed E-state index contributed by atoms with van der Waals surface area (Å²) in [5, 5.41) is 3.38. The Balaban J connectivity index is 1.82. The normalized spacial score (nSPS) is 22.5. The molecule has 1 unspecified atom stereocenters. The lowest BCUT2D eigenvalue weighted by Gasteiger charge is -2.22. The Morgan fingerprint density at radius 2 is 2.36 bits per heavy atom. The number of rotatable bonds is 7. The van der Waals surface area contributed by atoms with Crippen LogP contribution in [0, 0.1) is 0 Å². The van der Waals surface area contributed by atoms with Gasteiger partial charge in [0.25, 0.3) is 0 Å². The van der Waals surface area contributed by atoms with Crippen LogP contribution >= 0.6 is 0 Å². The molecule has 1 aliphatic heterocycles. The fourth-order valence-corrected chi connectivity index (χ4v) is 1.42. The molecular formula is C10H21NO3. The van der Waals surface area contributed by atoms with Gasteiger partial charge in [0.2, 0.25) is 0 Å². The van der Waals surface area contributed by atoms with Crippen LogP contribution in [0.1, 0.15) is 19.3 Å². The number of unbranched alkanes of at least 4 members (excludes halogenated alkanes) is 1. The summed E-state index contributed by atoms with van der Waals surface area (Å²) in [5.74, 6) is 0. The predicted molar refractivity (Wildman–Crippen MR) is 54.3 cm³/mol. The van der Waals surface area contributed by atoms with E-state index < -0.39 is 0 Å². The van der Waals surface area contributed by atoms with Gasteiger partial charge in [0.1, 0.15) is 6.79 Å². The van der Waals surface area contributed by atoms with Gasteiger partial charge in [-0.25, -0.2) is 0 Å². The van der Waals surface area contributed by atoms with Gasteiger partial charge in [0.15, 0.2) is 0 Å². The molecule has 14 heavy (non-hydrogen) atoms. The summed E-state index contributed by atoms with van der Waals surface area (Å²) in [6.07, 6.45) is 3.63. The molecule has 0 bridgehead atoms. The molecule has 1 saturated heterocycles. The van der Waals surface area contributed by atoms with E-state index in [1.165, 1.54) is 0 Å². The highest BCUT2D eigenvalue weighted by Gasteiger charge is 2.12. The monoisotopic (exact) mass is 203 g/mol. The van der Waals surface area contributed by atoms with Crippen LogP contribution in [0.4, 0.5) is 0 Å². The zero-order valence-corrected chi connectivity index (χ0v) is 8.96. The second-order valence-electron chi connectivity index (χ2n) is 3.51. The summed E-state index contributed by atoms with van der Waals surface area (Å²) in [5.41, 5.74) is 0. The van der Waals surface area contributed by atoms with Crippen molar-refractivity contribution in [3.8, 4) is 0 Å². The molecule has 0 aromatic carbocycles. The molecule has 0 spiro atoms. The smallest absolute Gasteiger partial charge is 0.147 e. The maximum atomic E-state index is 5.40. The van der Waals surface area contributed by atoms with Crippen LogP contribution < -0.4 is 5.32 Å². The van der Waals surface area contributed by atoms with Crippen LogP contribution in [-0.2, 0) is 14.2 Å². The molecule has 84 valence electrons. The van der Waals surface area contributed by atoms with Gasteiger partial charge < -0.3 is 19.5 Å². The van der Waals surface area contributed by atoms with Gasteiger partial charge in [-0.05, 0) is 25.8 Å². The average Bonchev–Trinajstić information content (AvgIpc) is 2.25. The summed E-state index contributed by atoms with van der Waals surface area (Å²) in [4.78, 5) is 0. The molecule has 0 aromatic rings. The lowest BCUT2D eigenvalue weighted by atomic mass is 10.2. The molecule has 0 saturated carbocycles. The first-order valence-corrected chi connectivity index (χ1v) is 5.32. The second kappa shape index (κ2) is 8.17. The number of hydrogen-bond donors (Lipinski definition) is 1. The van der Waals surface area contributed by atoms with Crippen molar-refractivity contribution in [1.82, 2.24) is 5.32 Å². The topological polar surface area (TPSA) is 39.7 Å². The molecule has 0 aliphatic carbocycles. The minimum Gasteiger partial charge on any atom is -0.385 e. The fraction of sp³-hybridized carbons (Fsp3) is 1.00. The molecule has 1 rings (SSSR count). The molecule has 1 N–H and O–H groups in total. The molecule has 0 radical (unpaired) electrons. The van der Waals surface area contributed by atoms with Crippen molar-refractivity contribution in [3.63, 3.8) is 0 Å². The number of methoxy groups -OCH3 is 1. The second-order valence-corrected chi connectivity index (χ2v) is 3.51. The van der Waals surface area contributed by atoms with Crippen LogP contribution in [0.5, 0.6) is 0 Å². The number of ether oxygens (including phenoxy) is 3. The maximum Gasteiger partial charge on any atom is 0.147 e. The lowest BCUT2D eigenvalue weighted by molar-refractivity contribution is -0.137. The molecule has 4 heteroatoms. The summed E-state index contributed by atoms with van der Waals surface area (Å²) in [6.45, 7) is 4.13. The van der Waals surface area contributed by atoms with E-state index in [9.17, 15) is 0 Å². The average molecular weight is 203 g/mol. The van der Waals surface area contributed by atoms with Crippen molar-refractivity contribution in [3.05, 3.63) is 0 Å². The van der Waals surface area contributed by atoms with E-state index in [2.05, 4.69) is 5.32 Å². The SMILES string of the molecule is COCCCCNCC1CCOCO1. The first-order chi connectivity index (χ1) is 6.93. The van der Waals surface area contributed by atoms with Crippen molar-refractivity contribution in [2.24, 2.45) is 0 Å². The van der Waals surface area contributed by atoms with Gasteiger partial charge in [-0.2, -0.15) is 0 Å². The summed E-state index contributed by atoms with van der Waals surface area (Å²) in [7, 11) is 1.74. The Morgan fingerprint density at radius 3 is 3.07 bits per heavy atom. The van der Waals surface area contributed by atoms with Gasteiger partial charge in [0, 0.05) is 20.3 Å². The van der Waals surface area contributed by atoms with E-state index in [1.807, 2.05) is 0 Å². The number of hydrogen-bond acceptors (Lipinski definition) is 4. The third kappa shape index (κ3) is 5.54. The predicted octanol–water partition coefficient (Wildman–Crippen LogP) is 0.766. The highest BCUT2D eigenvalue weighted by Crippen LogP contribution is 2.04. The van der Waals surface area contributed by atoms with Gasteiger partial charge >= 0.3 is 0 Å². The Hall–Kier alpha value is -0.160. The molecule has 1 atom stereocenters. The Labute approximate surface area is 85.9 Å². The van der Waals surface area contributed by atoms with Crippen LogP contribution in [0.15, 0.2) is 0 Å². The first-order valence-electron chi connectivity index (χ1n) is 5.32. The molecule has 1 aliphatic rings. The quantitative estimate of drug-likeness (QED) is 0.620. The van der Waals surface area contributed by atoms with E-state index >= 15 is 0 Å². The van der Waals surface area contributed by atoms with Gasteiger partial charge in [-0.3, -0.25) is 0 Å². The van der Waals surface area contributed by atoms with E-state index in [1.54, 1.807) is 7.11 Å². The minimum atomic E-state index is 0.339. The number of nitrogens with one attached hydrogen (secondary N) is 1. The van der Waals surface area contributed by atoms with Crippen molar-refractivity contribution >= 4 is 0 Å². The lowest BCUT2D eigenvalue weighted by Crippen LogP contribution is -2.34. The standard InChI is InChI=1S/C10H21NO3/c1-12-6-3-2-5-11-8-10-4-7-13-9-14-10/h10-11H,2-9H2,1H3.